The van der Waals surface area contributed by atoms with E-state index in [1.807, 2.05) is 38.1 Å². The highest BCUT2D eigenvalue weighted by atomic mass is 16.2. The molecule has 140 valence electrons. The third-order valence-corrected chi connectivity index (χ3v) is 5.64. The van der Waals surface area contributed by atoms with Crippen molar-refractivity contribution in [2.75, 3.05) is 4.90 Å². The summed E-state index contributed by atoms with van der Waals surface area (Å²) >= 11 is 0. The summed E-state index contributed by atoms with van der Waals surface area (Å²) < 4.78 is 0. The highest BCUT2D eigenvalue weighted by molar-refractivity contribution is 6.16. The van der Waals surface area contributed by atoms with E-state index in [0.717, 1.165) is 48.1 Å². The van der Waals surface area contributed by atoms with Crippen LogP contribution in [-0.4, -0.2) is 17.9 Å². The van der Waals surface area contributed by atoms with E-state index in [0.29, 0.717) is 17.7 Å². The molecule has 0 radical (unpaired) electrons. The van der Waals surface area contributed by atoms with E-state index in [9.17, 15) is 9.59 Å². The molecule has 1 saturated carbocycles. The van der Waals surface area contributed by atoms with Crippen molar-refractivity contribution in [1.29, 1.82) is 0 Å². The fraction of sp³-hybridized carbons (Fsp3) is 0.391. The number of nitrogens with one attached hydrogen (secondary N) is 1. The summed E-state index contributed by atoms with van der Waals surface area (Å²) in [7, 11) is 0. The number of rotatable bonds is 3. The summed E-state index contributed by atoms with van der Waals surface area (Å²) in [5.41, 5.74) is 5.15. The molecule has 4 heteroatoms. The number of fused-ring (bicyclic) bond motifs is 1. The molecule has 1 heterocycles. The Kier molecular flexibility index (Phi) is 4.73. The molecule has 27 heavy (non-hydrogen) atoms. The maximum absolute atomic E-state index is 13.2. The molecule has 4 rings (SSSR count). The lowest BCUT2D eigenvalue weighted by Gasteiger charge is -2.23. The Morgan fingerprint density at radius 1 is 1.04 bits per heavy atom. The number of hydrogen-bond donors (Lipinski definition) is 1. The number of benzene rings is 2. The van der Waals surface area contributed by atoms with Crippen molar-refractivity contribution in [2.24, 2.45) is 0 Å². The van der Waals surface area contributed by atoms with E-state index in [1.165, 1.54) is 6.42 Å². The van der Waals surface area contributed by atoms with Crippen LogP contribution in [0.15, 0.2) is 36.4 Å². The van der Waals surface area contributed by atoms with Crippen LogP contribution < -0.4 is 10.2 Å². The molecule has 1 aliphatic heterocycles. The lowest BCUT2D eigenvalue weighted by molar-refractivity contribution is 0.0915. The SMILES string of the molecule is Cc1cc(C)cc(N2Cc3cccc(C(=O)NC4CCCCC4)c3C2=O)c1. The second kappa shape index (κ2) is 7.18. The lowest BCUT2D eigenvalue weighted by atomic mass is 9.94. The van der Waals surface area contributed by atoms with Gasteiger partial charge >= 0.3 is 0 Å². The molecular formula is C23H26N2O2. The van der Waals surface area contributed by atoms with E-state index >= 15 is 0 Å². The highest BCUT2D eigenvalue weighted by Gasteiger charge is 2.33. The monoisotopic (exact) mass is 362 g/mol. The molecule has 0 aromatic heterocycles. The quantitative estimate of drug-likeness (QED) is 0.872. The Morgan fingerprint density at radius 2 is 1.74 bits per heavy atom. The zero-order valence-electron chi connectivity index (χ0n) is 16.0. The Labute approximate surface area is 160 Å². The Balaban J connectivity index is 1.62. The van der Waals surface area contributed by atoms with Crippen molar-refractivity contribution in [2.45, 2.75) is 58.5 Å². The van der Waals surface area contributed by atoms with Gasteiger partial charge in [0.15, 0.2) is 0 Å². The van der Waals surface area contributed by atoms with Crippen LogP contribution in [0.2, 0.25) is 0 Å². The number of nitrogens with zero attached hydrogens (tertiary/aromatic N) is 1. The summed E-state index contributed by atoms with van der Waals surface area (Å²) in [5, 5.41) is 3.15. The number of anilines is 1. The first-order valence-corrected chi connectivity index (χ1v) is 9.86. The van der Waals surface area contributed by atoms with Crippen molar-refractivity contribution >= 4 is 17.5 Å². The van der Waals surface area contributed by atoms with Gasteiger partial charge in [-0.1, -0.05) is 37.5 Å². The first kappa shape index (κ1) is 17.8. The molecule has 1 aliphatic carbocycles. The topological polar surface area (TPSA) is 49.4 Å². The molecule has 0 spiro atoms. The van der Waals surface area contributed by atoms with Gasteiger partial charge < -0.3 is 10.2 Å². The van der Waals surface area contributed by atoms with Crippen LogP contribution in [-0.2, 0) is 6.54 Å². The van der Waals surface area contributed by atoms with Crippen molar-refractivity contribution in [3.8, 4) is 0 Å². The van der Waals surface area contributed by atoms with Crippen LogP contribution in [0, 0.1) is 13.8 Å². The van der Waals surface area contributed by atoms with E-state index in [-0.39, 0.29) is 17.9 Å². The van der Waals surface area contributed by atoms with Crippen LogP contribution in [0.4, 0.5) is 5.69 Å². The Morgan fingerprint density at radius 3 is 2.44 bits per heavy atom. The molecule has 1 fully saturated rings. The van der Waals surface area contributed by atoms with Crippen molar-refractivity contribution in [1.82, 2.24) is 5.32 Å². The van der Waals surface area contributed by atoms with Crippen molar-refractivity contribution in [3.63, 3.8) is 0 Å². The van der Waals surface area contributed by atoms with Gasteiger partial charge in [0.05, 0.1) is 17.7 Å². The number of amides is 2. The number of carbonyl (C=O) groups is 2. The van der Waals surface area contributed by atoms with E-state index in [1.54, 1.807) is 11.0 Å². The molecular weight excluding hydrogens is 336 g/mol. The second-order valence-corrected chi connectivity index (χ2v) is 7.89. The van der Waals surface area contributed by atoms with Gasteiger partial charge in [-0.2, -0.15) is 0 Å². The zero-order valence-corrected chi connectivity index (χ0v) is 16.0. The maximum atomic E-state index is 13.2. The summed E-state index contributed by atoms with van der Waals surface area (Å²) in [4.78, 5) is 27.9. The summed E-state index contributed by atoms with van der Waals surface area (Å²) in [6.07, 6.45) is 5.64. The van der Waals surface area contributed by atoms with E-state index in [4.69, 9.17) is 0 Å². The molecule has 0 unspecified atom stereocenters. The van der Waals surface area contributed by atoms with Gasteiger partial charge in [0.2, 0.25) is 0 Å². The molecule has 0 bridgehead atoms. The molecule has 0 atom stereocenters. The zero-order chi connectivity index (χ0) is 19.0. The van der Waals surface area contributed by atoms with Crippen LogP contribution >= 0.6 is 0 Å². The van der Waals surface area contributed by atoms with E-state index in [2.05, 4.69) is 11.4 Å². The minimum atomic E-state index is -0.116. The standard InChI is InChI=1S/C23H26N2O2/c1-15-11-16(2)13-19(12-15)25-14-17-7-6-10-20(21(17)23(25)27)22(26)24-18-8-4-3-5-9-18/h6-7,10-13,18H,3-5,8-9,14H2,1-2H3,(H,24,26). The molecule has 2 amide bonds. The average Bonchev–Trinajstić information content (AvgIpc) is 2.99. The fourth-order valence-corrected chi connectivity index (χ4v) is 4.38. The molecule has 2 aliphatic rings. The predicted molar refractivity (Wildman–Crippen MR) is 107 cm³/mol. The summed E-state index contributed by atoms with van der Waals surface area (Å²) in [6.45, 7) is 4.59. The summed E-state index contributed by atoms with van der Waals surface area (Å²) in [6, 6.07) is 12.0. The Hall–Kier alpha value is -2.62. The fourth-order valence-electron chi connectivity index (χ4n) is 4.38. The van der Waals surface area contributed by atoms with E-state index < -0.39 is 0 Å². The van der Waals surface area contributed by atoms with Gasteiger partial charge in [0.1, 0.15) is 0 Å². The van der Waals surface area contributed by atoms with Crippen molar-refractivity contribution < 1.29 is 9.59 Å². The molecule has 4 nitrogen and oxygen atoms in total. The van der Waals surface area contributed by atoms with Crippen LogP contribution in [0.25, 0.3) is 0 Å². The molecule has 2 aromatic carbocycles. The summed E-state index contributed by atoms with van der Waals surface area (Å²) in [5.74, 6) is -0.196. The minimum absolute atomic E-state index is 0.0793. The molecule has 0 saturated heterocycles. The van der Waals surface area contributed by atoms with Gasteiger partial charge in [-0.25, -0.2) is 0 Å². The minimum Gasteiger partial charge on any atom is -0.349 e. The normalized spacial score (nSPS) is 17.1. The predicted octanol–water partition coefficient (Wildman–Crippen LogP) is 4.53. The first-order valence-electron chi connectivity index (χ1n) is 9.86. The van der Waals surface area contributed by atoms with Gasteiger partial charge in [-0.05, 0) is 61.6 Å². The third kappa shape index (κ3) is 3.48. The molecule has 1 N–H and O–H groups in total. The first-order chi connectivity index (χ1) is 13.0. The van der Waals surface area contributed by atoms with Crippen LogP contribution in [0.5, 0.6) is 0 Å². The van der Waals surface area contributed by atoms with Crippen molar-refractivity contribution in [3.05, 3.63) is 64.2 Å². The van der Waals surface area contributed by atoms with Gasteiger partial charge in [-0.3, -0.25) is 9.59 Å². The van der Waals surface area contributed by atoms with Gasteiger partial charge in [0, 0.05) is 11.7 Å². The Bertz CT molecular complexity index is 877. The maximum Gasteiger partial charge on any atom is 0.259 e. The largest absolute Gasteiger partial charge is 0.349 e. The van der Waals surface area contributed by atoms with Gasteiger partial charge in [-0.15, -0.1) is 0 Å². The third-order valence-electron chi connectivity index (χ3n) is 5.64. The van der Waals surface area contributed by atoms with Crippen LogP contribution in [0.1, 0.15) is 69.5 Å². The highest BCUT2D eigenvalue weighted by Crippen LogP contribution is 2.32. The lowest BCUT2D eigenvalue weighted by Crippen LogP contribution is -2.37. The van der Waals surface area contributed by atoms with Gasteiger partial charge in [0.25, 0.3) is 11.8 Å². The molecule has 2 aromatic rings. The number of carbonyl (C=O) groups excluding carboxylic acids is 2. The number of aryl methyl sites for hydroxylation is 2. The smallest absolute Gasteiger partial charge is 0.259 e. The second-order valence-electron chi connectivity index (χ2n) is 7.89. The number of hydrogen-bond acceptors (Lipinski definition) is 2. The van der Waals surface area contributed by atoms with Crippen LogP contribution in [0.3, 0.4) is 0 Å². The average molecular weight is 362 g/mol.